The molecule has 0 fully saturated rings. The molecule has 1 N–H and O–H groups in total. The van der Waals surface area contributed by atoms with Crippen LogP contribution in [0.25, 0.3) is 10.9 Å². The van der Waals surface area contributed by atoms with Crippen molar-refractivity contribution in [3.05, 3.63) is 87.7 Å². The van der Waals surface area contributed by atoms with Gasteiger partial charge in [-0.3, -0.25) is 19.0 Å². The number of hydrogen-bond donors (Lipinski definition) is 1. The Balaban J connectivity index is 1.61. The SMILES string of the molecule is CCn1nc(C(=O)Nc2cnn(Cc3ccccc3C)c2)c(=O)c2cc(F)ccc21. The minimum Gasteiger partial charge on any atom is -0.318 e. The predicted octanol–water partition coefficient (Wildman–Crippen LogP) is 3.36. The van der Waals surface area contributed by atoms with E-state index < -0.39 is 17.2 Å². The van der Waals surface area contributed by atoms with E-state index in [9.17, 15) is 14.0 Å². The summed E-state index contributed by atoms with van der Waals surface area (Å²) in [6.07, 6.45) is 3.19. The number of nitrogens with one attached hydrogen (secondary N) is 1. The number of amides is 1. The van der Waals surface area contributed by atoms with Crippen LogP contribution in [0.3, 0.4) is 0 Å². The molecule has 0 atom stereocenters. The molecule has 2 aromatic heterocycles. The van der Waals surface area contributed by atoms with Crippen LogP contribution in [-0.2, 0) is 13.1 Å². The van der Waals surface area contributed by atoms with E-state index in [1.54, 1.807) is 10.9 Å². The van der Waals surface area contributed by atoms with Gasteiger partial charge in [0, 0.05) is 12.7 Å². The summed E-state index contributed by atoms with van der Waals surface area (Å²) in [4.78, 5) is 25.5. The molecule has 2 aromatic carbocycles. The number of hydrogen-bond acceptors (Lipinski definition) is 4. The second-order valence-corrected chi connectivity index (χ2v) is 6.96. The van der Waals surface area contributed by atoms with E-state index in [2.05, 4.69) is 15.5 Å². The van der Waals surface area contributed by atoms with Gasteiger partial charge < -0.3 is 5.32 Å². The molecule has 4 rings (SSSR count). The number of halogens is 1. The number of carbonyl (C=O) groups excluding carboxylic acids is 1. The minimum absolute atomic E-state index is 0.118. The smallest absolute Gasteiger partial charge is 0.280 e. The van der Waals surface area contributed by atoms with E-state index in [1.165, 1.54) is 23.0 Å². The fourth-order valence-corrected chi connectivity index (χ4v) is 3.32. The Morgan fingerprint density at radius 3 is 2.77 bits per heavy atom. The summed E-state index contributed by atoms with van der Waals surface area (Å²) in [5.41, 5.74) is 2.28. The minimum atomic E-state index is -0.663. The Morgan fingerprint density at radius 1 is 1.20 bits per heavy atom. The van der Waals surface area contributed by atoms with Crippen molar-refractivity contribution in [2.24, 2.45) is 0 Å². The molecular formula is C22H20FN5O2. The lowest BCUT2D eigenvalue weighted by atomic mass is 10.1. The number of benzene rings is 2. The Bertz CT molecular complexity index is 1310. The third-order valence-corrected chi connectivity index (χ3v) is 4.92. The summed E-state index contributed by atoms with van der Waals surface area (Å²) in [5, 5.41) is 11.2. The standard InChI is InChI=1S/C22H20FN5O2/c1-3-28-19-9-8-16(23)10-18(19)21(29)20(26-28)22(30)25-17-11-24-27(13-17)12-15-7-5-4-6-14(15)2/h4-11,13H,3,12H2,1-2H3,(H,25,30). The number of fused-ring (bicyclic) bond motifs is 1. The van der Waals surface area contributed by atoms with Crippen LogP contribution < -0.4 is 10.7 Å². The van der Waals surface area contributed by atoms with Gasteiger partial charge in [0.25, 0.3) is 5.91 Å². The fraction of sp³-hybridized carbons (Fsp3) is 0.182. The first kappa shape index (κ1) is 19.5. The van der Waals surface area contributed by atoms with Crippen LogP contribution in [0.2, 0.25) is 0 Å². The number of nitrogens with zero attached hydrogens (tertiary/aromatic N) is 4. The van der Waals surface area contributed by atoms with Gasteiger partial charge in [-0.15, -0.1) is 0 Å². The zero-order chi connectivity index (χ0) is 21.3. The topological polar surface area (TPSA) is 81.8 Å². The summed E-state index contributed by atoms with van der Waals surface area (Å²) in [5.74, 6) is -1.21. The van der Waals surface area contributed by atoms with Crippen LogP contribution in [0.5, 0.6) is 0 Å². The predicted molar refractivity (Wildman–Crippen MR) is 112 cm³/mol. The molecule has 152 valence electrons. The van der Waals surface area contributed by atoms with E-state index in [0.29, 0.717) is 24.3 Å². The lowest BCUT2D eigenvalue weighted by Crippen LogP contribution is -2.27. The van der Waals surface area contributed by atoms with Crippen LogP contribution in [-0.4, -0.2) is 25.5 Å². The number of rotatable bonds is 5. The quantitative estimate of drug-likeness (QED) is 0.552. The largest absolute Gasteiger partial charge is 0.318 e. The first-order valence-corrected chi connectivity index (χ1v) is 9.55. The van der Waals surface area contributed by atoms with Crippen molar-refractivity contribution < 1.29 is 9.18 Å². The molecule has 0 bridgehead atoms. The highest BCUT2D eigenvalue weighted by atomic mass is 19.1. The fourth-order valence-electron chi connectivity index (χ4n) is 3.32. The molecule has 0 spiro atoms. The zero-order valence-corrected chi connectivity index (χ0v) is 16.6. The monoisotopic (exact) mass is 405 g/mol. The molecule has 8 heteroatoms. The van der Waals surface area contributed by atoms with E-state index in [0.717, 1.165) is 17.2 Å². The van der Waals surface area contributed by atoms with Crippen molar-refractivity contribution in [2.45, 2.75) is 26.9 Å². The van der Waals surface area contributed by atoms with E-state index in [1.807, 2.05) is 38.1 Å². The van der Waals surface area contributed by atoms with Crippen LogP contribution in [0, 0.1) is 12.7 Å². The highest BCUT2D eigenvalue weighted by molar-refractivity contribution is 6.04. The molecule has 1 amide bonds. The molecule has 4 aromatic rings. The van der Waals surface area contributed by atoms with Crippen molar-refractivity contribution in [3.63, 3.8) is 0 Å². The van der Waals surface area contributed by atoms with Crippen LogP contribution >= 0.6 is 0 Å². The molecule has 0 aliphatic heterocycles. The first-order chi connectivity index (χ1) is 14.5. The van der Waals surface area contributed by atoms with Gasteiger partial charge in [0.1, 0.15) is 5.82 Å². The third kappa shape index (κ3) is 3.71. The number of aryl methyl sites for hydroxylation is 2. The second-order valence-electron chi connectivity index (χ2n) is 6.96. The summed E-state index contributed by atoms with van der Waals surface area (Å²) in [6, 6.07) is 11.8. The molecule has 0 radical (unpaired) electrons. The molecule has 0 saturated carbocycles. The lowest BCUT2D eigenvalue weighted by molar-refractivity contribution is 0.101. The van der Waals surface area contributed by atoms with Gasteiger partial charge in [0.15, 0.2) is 5.69 Å². The van der Waals surface area contributed by atoms with Crippen molar-refractivity contribution >= 4 is 22.5 Å². The third-order valence-electron chi connectivity index (χ3n) is 4.92. The Morgan fingerprint density at radius 2 is 2.00 bits per heavy atom. The van der Waals surface area contributed by atoms with Gasteiger partial charge in [-0.25, -0.2) is 4.39 Å². The Labute approximate surface area is 171 Å². The van der Waals surface area contributed by atoms with Crippen LogP contribution in [0.4, 0.5) is 10.1 Å². The van der Waals surface area contributed by atoms with Crippen LogP contribution in [0.1, 0.15) is 28.5 Å². The normalized spacial score (nSPS) is 11.0. The molecule has 30 heavy (non-hydrogen) atoms. The van der Waals surface area contributed by atoms with E-state index in [-0.39, 0.29) is 11.1 Å². The van der Waals surface area contributed by atoms with Gasteiger partial charge in [-0.1, -0.05) is 24.3 Å². The summed E-state index contributed by atoms with van der Waals surface area (Å²) in [7, 11) is 0. The van der Waals surface area contributed by atoms with Gasteiger partial charge in [-0.2, -0.15) is 10.2 Å². The maximum Gasteiger partial charge on any atom is 0.280 e. The van der Waals surface area contributed by atoms with Crippen molar-refractivity contribution in [3.8, 4) is 0 Å². The van der Waals surface area contributed by atoms with Crippen molar-refractivity contribution in [1.29, 1.82) is 0 Å². The Hall–Kier alpha value is -3.81. The average Bonchev–Trinajstić information content (AvgIpc) is 3.17. The number of anilines is 1. The summed E-state index contributed by atoms with van der Waals surface area (Å²) in [6.45, 7) is 4.84. The maximum atomic E-state index is 13.7. The average molecular weight is 405 g/mol. The first-order valence-electron chi connectivity index (χ1n) is 9.55. The van der Waals surface area contributed by atoms with Crippen molar-refractivity contribution in [2.75, 3.05) is 5.32 Å². The Kier molecular flexibility index (Phi) is 5.14. The molecule has 0 saturated heterocycles. The second kappa shape index (κ2) is 7.90. The van der Waals surface area contributed by atoms with E-state index in [4.69, 9.17) is 0 Å². The highest BCUT2D eigenvalue weighted by Crippen LogP contribution is 2.14. The van der Waals surface area contributed by atoms with Crippen LogP contribution in [0.15, 0.2) is 59.7 Å². The van der Waals surface area contributed by atoms with Gasteiger partial charge in [-0.05, 0) is 43.2 Å². The highest BCUT2D eigenvalue weighted by Gasteiger charge is 2.18. The lowest BCUT2D eigenvalue weighted by Gasteiger charge is -2.10. The maximum absolute atomic E-state index is 13.7. The number of aromatic nitrogens is 4. The zero-order valence-electron chi connectivity index (χ0n) is 16.6. The van der Waals surface area contributed by atoms with Gasteiger partial charge >= 0.3 is 0 Å². The number of carbonyl (C=O) groups is 1. The molecule has 7 nitrogen and oxygen atoms in total. The molecule has 2 heterocycles. The molecule has 0 aliphatic rings. The van der Waals surface area contributed by atoms with Gasteiger partial charge in [0.2, 0.25) is 5.43 Å². The van der Waals surface area contributed by atoms with Gasteiger partial charge in [0.05, 0.1) is 29.3 Å². The van der Waals surface area contributed by atoms with E-state index >= 15 is 0 Å². The summed E-state index contributed by atoms with van der Waals surface area (Å²) >= 11 is 0. The summed E-state index contributed by atoms with van der Waals surface area (Å²) < 4.78 is 16.9. The van der Waals surface area contributed by atoms with Crippen molar-refractivity contribution in [1.82, 2.24) is 19.6 Å². The molecule has 0 aliphatic carbocycles. The molecule has 0 unspecified atom stereocenters. The molecular weight excluding hydrogens is 385 g/mol.